The molecule has 110 valence electrons. The predicted octanol–water partition coefficient (Wildman–Crippen LogP) is 0.895. The molecule has 0 saturated carbocycles. The summed E-state index contributed by atoms with van der Waals surface area (Å²) in [6, 6.07) is 0. The van der Waals surface area contributed by atoms with Crippen LogP contribution in [-0.2, 0) is 19.2 Å². The molecular weight excluding hydrogens is 264 g/mol. The molecule has 1 unspecified atom stereocenters. The molecule has 0 saturated heterocycles. The summed E-state index contributed by atoms with van der Waals surface area (Å²) in [4.78, 5) is 39.4. The highest BCUT2D eigenvalue weighted by molar-refractivity contribution is 5.69. The Morgan fingerprint density at radius 1 is 1.21 bits per heavy atom. The average molecular weight is 280 g/mol. The second-order valence-corrected chi connectivity index (χ2v) is 3.52. The van der Waals surface area contributed by atoms with Crippen LogP contribution in [0.4, 0.5) is 0 Å². The first-order valence-corrected chi connectivity index (χ1v) is 5.69. The third kappa shape index (κ3) is 10.7. The van der Waals surface area contributed by atoms with Crippen LogP contribution in [-0.4, -0.2) is 35.5 Å². The highest BCUT2D eigenvalue weighted by atomic mass is 17.0. The van der Waals surface area contributed by atoms with Crippen molar-refractivity contribution >= 4 is 5.97 Å². The molecule has 0 aromatic carbocycles. The maximum Gasteiger partial charge on any atom is 0.305 e. The van der Waals surface area contributed by atoms with Gasteiger partial charge in [-0.1, -0.05) is 6.42 Å². The zero-order valence-corrected chi connectivity index (χ0v) is 10.5. The molecule has 0 aromatic rings. The van der Waals surface area contributed by atoms with Crippen LogP contribution in [0.5, 0.6) is 0 Å². The number of carbonyl (C=O) groups excluding carboxylic acids is 1. The third-order valence-corrected chi connectivity index (χ3v) is 2.06. The van der Waals surface area contributed by atoms with Gasteiger partial charge in [0, 0.05) is 6.42 Å². The van der Waals surface area contributed by atoms with Crippen molar-refractivity contribution in [2.24, 2.45) is 0 Å². The SMILES string of the molecule is CCOC(=O)CCCCC(CO[N+](=O)[O-])O[N+](=O)[O-]. The summed E-state index contributed by atoms with van der Waals surface area (Å²) in [7, 11) is 0. The predicted molar refractivity (Wildman–Crippen MR) is 59.9 cm³/mol. The van der Waals surface area contributed by atoms with Crippen molar-refractivity contribution in [3.8, 4) is 0 Å². The normalized spacial score (nSPS) is 11.4. The van der Waals surface area contributed by atoms with E-state index in [1.807, 2.05) is 0 Å². The monoisotopic (exact) mass is 280 g/mol. The van der Waals surface area contributed by atoms with Gasteiger partial charge in [-0.05, 0) is 19.8 Å². The molecule has 10 heteroatoms. The molecule has 0 fully saturated rings. The first-order chi connectivity index (χ1) is 8.95. The zero-order valence-electron chi connectivity index (χ0n) is 10.5. The Bertz CT molecular complexity index is 309. The van der Waals surface area contributed by atoms with Gasteiger partial charge in [-0.3, -0.25) is 4.79 Å². The van der Waals surface area contributed by atoms with Crippen molar-refractivity contribution in [2.45, 2.75) is 38.7 Å². The largest absolute Gasteiger partial charge is 0.466 e. The Morgan fingerprint density at radius 2 is 1.89 bits per heavy atom. The minimum atomic E-state index is -1.05. The van der Waals surface area contributed by atoms with E-state index in [0.29, 0.717) is 19.4 Å². The van der Waals surface area contributed by atoms with E-state index in [1.54, 1.807) is 6.92 Å². The molecule has 0 radical (unpaired) electrons. The molecule has 1 atom stereocenters. The lowest BCUT2D eigenvalue weighted by Gasteiger charge is -2.13. The molecule has 0 spiro atoms. The number of ether oxygens (including phenoxy) is 1. The number of unbranched alkanes of at least 4 members (excludes halogenated alkanes) is 1. The highest BCUT2D eigenvalue weighted by Gasteiger charge is 2.15. The van der Waals surface area contributed by atoms with Crippen molar-refractivity contribution in [1.82, 2.24) is 0 Å². The average Bonchev–Trinajstić information content (AvgIpc) is 2.31. The smallest absolute Gasteiger partial charge is 0.305 e. The molecule has 10 nitrogen and oxygen atoms in total. The Balaban J connectivity index is 3.87. The van der Waals surface area contributed by atoms with Gasteiger partial charge in [-0.25, -0.2) is 0 Å². The van der Waals surface area contributed by atoms with E-state index in [9.17, 15) is 25.0 Å². The second-order valence-electron chi connectivity index (χ2n) is 3.52. The summed E-state index contributed by atoms with van der Waals surface area (Å²) in [5.74, 6) is -0.351. The lowest BCUT2D eigenvalue weighted by Crippen LogP contribution is -2.24. The molecule has 0 aliphatic rings. The first-order valence-electron chi connectivity index (χ1n) is 5.69. The molecule has 0 N–H and O–H groups in total. The van der Waals surface area contributed by atoms with Crippen LogP contribution < -0.4 is 0 Å². The molecular formula is C9H16N2O8. The van der Waals surface area contributed by atoms with Crippen LogP contribution in [0.25, 0.3) is 0 Å². The fourth-order valence-corrected chi connectivity index (χ4v) is 1.31. The molecule has 19 heavy (non-hydrogen) atoms. The maximum atomic E-state index is 11.0. The fraction of sp³-hybridized carbons (Fsp3) is 0.889. The fourth-order valence-electron chi connectivity index (χ4n) is 1.31. The van der Waals surface area contributed by atoms with Crippen LogP contribution in [0.2, 0.25) is 0 Å². The van der Waals surface area contributed by atoms with Gasteiger partial charge in [-0.15, -0.1) is 20.2 Å². The summed E-state index contributed by atoms with van der Waals surface area (Å²) < 4.78 is 4.70. The van der Waals surface area contributed by atoms with Crippen molar-refractivity contribution in [3.63, 3.8) is 0 Å². The molecule has 0 bridgehead atoms. The van der Waals surface area contributed by atoms with Crippen LogP contribution in [0, 0.1) is 20.2 Å². The van der Waals surface area contributed by atoms with Crippen LogP contribution >= 0.6 is 0 Å². The van der Waals surface area contributed by atoms with Crippen molar-refractivity contribution in [1.29, 1.82) is 0 Å². The molecule has 0 aliphatic carbocycles. The summed E-state index contributed by atoms with van der Waals surface area (Å²) in [6.45, 7) is 1.46. The lowest BCUT2D eigenvalue weighted by molar-refractivity contribution is -0.790. The van der Waals surface area contributed by atoms with Crippen LogP contribution in [0.1, 0.15) is 32.6 Å². The van der Waals surface area contributed by atoms with Gasteiger partial charge in [0.05, 0.1) is 6.61 Å². The summed E-state index contributed by atoms with van der Waals surface area (Å²) in [5.41, 5.74) is 0. The summed E-state index contributed by atoms with van der Waals surface area (Å²) in [6.07, 6.45) is 0.221. The maximum absolute atomic E-state index is 11.0. The first kappa shape index (κ1) is 16.9. The van der Waals surface area contributed by atoms with Gasteiger partial charge < -0.3 is 14.4 Å². The Labute approximate surface area is 108 Å². The van der Waals surface area contributed by atoms with Gasteiger partial charge >= 0.3 is 5.97 Å². The van der Waals surface area contributed by atoms with Gasteiger partial charge in [0.2, 0.25) is 0 Å². The number of hydrogen-bond donors (Lipinski definition) is 0. The van der Waals surface area contributed by atoms with E-state index in [1.165, 1.54) is 0 Å². The minimum Gasteiger partial charge on any atom is -0.466 e. The van der Waals surface area contributed by atoms with Gasteiger partial charge in [0.25, 0.3) is 10.2 Å². The molecule has 0 aromatic heterocycles. The van der Waals surface area contributed by atoms with Crippen molar-refractivity contribution in [3.05, 3.63) is 20.2 Å². The van der Waals surface area contributed by atoms with E-state index >= 15 is 0 Å². The quantitative estimate of drug-likeness (QED) is 0.236. The molecule has 0 amide bonds. The zero-order chi connectivity index (χ0) is 14.7. The number of carbonyl (C=O) groups is 1. The standard InChI is InChI=1S/C9H16N2O8/c1-2-17-9(12)6-4-3-5-8(19-11(15)16)7-18-10(13)14/h8H,2-7H2,1H3. The number of hydrogen-bond acceptors (Lipinski definition) is 8. The van der Waals surface area contributed by atoms with Crippen molar-refractivity contribution in [2.75, 3.05) is 13.2 Å². The van der Waals surface area contributed by atoms with Crippen molar-refractivity contribution < 1.29 is 29.4 Å². The third-order valence-electron chi connectivity index (χ3n) is 2.06. The van der Waals surface area contributed by atoms with E-state index < -0.39 is 22.9 Å². The number of nitrogens with zero attached hydrogens (tertiary/aromatic N) is 2. The van der Waals surface area contributed by atoms with E-state index in [0.717, 1.165) is 0 Å². The lowest BCUT2D eigenvalue weighted by atomic mass is 10.1. The Kier molecular flexibility index (Phi) is 8.75. The summed E-state index contributed by atoms with van der Waals surface area (Å²) in [5, 5.41) is 18.1. The second kappa shape index (κ2) is 9.85. The molecule has 0 aliphatic heterocycles. The van der Waals surface area contributed by atoms with Gasteiger partial charge in [-0.2, -0.15) is 0 Å². The Morgan fingerprint density at radius 3 is 2.42 bits per heavy atom. The number of rotatable bonds is 11. The Hall–Kier alpha value is -2.13. The topological polar surface area (TPSA) is 131 Å². The minimum absolute atomic E-state index is 0.175. The van der Waals surface area contributed by atoms with Gasteiger partial charge in [0.15, 0.2) is 0 Å². The molecule has 0 heterocycles. The van der Waals surface area contributed by atoms with E-state index in [4.69, 9.17) is 4.74 Å². The summed E-state index contributed by atoms with van der Waals surface area (Å²) >= 11 is 0. The molecule has 0 rings (SSSR count). The van der Waals surface area contributed by atoms with E-state index in [-0.39, 0.29) is 18.8 Å². The van der Waals surface area contributed by atoms with Gasteiger partial charge in [0.1, 0.15) is 12.7 Å². The van der Waals surface area contributed by atoms with Crippen LogP contribution in [0.15, 0.2) is 0 Å². The highest BCUT2D eigenvalue weighted by Crippen LogP contribution is 2.08. The van der Waals surface area contributed by atoms with Crippen LogP contribution in [0.3, 0.4) is 0 Å². The van der Waals surface area contributed by atoms with E-state index in [2.05, 4.69) is 9.68 Å². The number of esters is 1.